The van der Waals surface area contributed by atoms with Crippen molar-refractivity contribution >= 4 is 0 Å². The van der Waals surface area contributed by atoms with Crippen LogP contribution in [-0.4, -0.2) is 19.8 Å². The van der Waals surface area contributed by atoms with Crippen molar-refractivity contribution in [2.75, 3.05) is 19.8 Å². The molecule has 0 aromatic heterocycles. The van der Waals surface area contributed by atoms with Gasteiger partial charge in [0, 0.05) is 18.5 Å². The van der Waals surface area contributed by atoms with E-state index in [1.807, 2.05) is 12.1 Å². The first-order valence-corrected chi connectivity index (χ1v) is 6.57. The van der Waals surface area contributed by atoms with Gasteiger partial charge >= 0.3 is 0 Å². The van der Waals surface area contributed by atoms with Crippen LogP contribution in [0.2, 0.25) is 0 Å². The molecule has 18 heavy (non-hydrogen) atoms. The second-order valence-electron chi connectivity index (χ2n) is 5.38. The van der Waals surface area contributed by atoms with E-state index in [4.69, 9.17) is 4.74 Å². The molecule has 1 aromatic carbocycles. The average Bonchev–Trinajstić information content (AvgIpc) is 2.36. The first kappa shape index (κ1) is 14.9. The van der Waals surface area contributed by atoms with E-state index in [0.29, 0.717) is 0 Å². The summed E-state index contributed by atoms with van der Waals surface area (Å²) >= 11 is 0. The molecule has 0 aliphatic heterocycles. The molecule has 2 heteroatoms. The van der Waals surface area contributed by atoms with E-state index in [1.165, 1.54) is 5.56 Å². The fourth-order valence-electron chi connectivity index (χ4n) is 1.71. The second kappa shape index (κ2) is 8.06. The monoisotopic (exact) mass is 247 g/mol. The zero-order valence-corrected chi connectivity index (χ0v) is 11.6. The summed E-state index contributed by atoms with van der Waals surface area (Å²) in [5, 5.41) is 3.48. The lowest BCUT2D eigenvalue weighted by atomic mass is 9.95. The van der Waals surface area contributed by atoms with Crippen LogP contribution < -0.4 is 5.32 Å². The minimum absolute atomic E-state index is 0.163. The van der Waals surface area contributed by atoms with Crippen LogP contribution in [0, 0.1) is 5.41 Å². The largest absolute Gasteiger partial charge is 0.381 e. The molecule has 2 nitrogen and oxygen atoms in total. The smallest absolute Gasteiger partial charge is 0.0529 e. The molecule has 0 aliphatic carbocycles. The number of benzene rings is 1. The number of nitrogens with one attached hydrogen (secondary N) is 1. The van der Waals surface area contributed by atoms with Crippen molar-refractivity contribution in [2.24, 2.45) is 5.41 Å². The summed E-state index contributed by atoms with van der Waals surface area (Å²) in [6.45, 7) is 11.5. The van der Waals surface area contributed by atoms with Crippen LogP contribution in [0.3, 0.4) is 0 Å². The summed E-state index contributed by atoms with van der Waals surface area (Å²) < 4.78 is 5.63. The summed E-state index contributed by atoms with van der Waals surface area (Å²) in [6, 6.07) is 10.5. The van der Waals surface area contributed by atoms with Gasteiger partial charge < -0.3 is 10.1 Å². The van der Waals surface area contributed by atoms with Gasteiger partial charge in [-0.15, -0.1) is 6.58 Å². The zero-order valence-electron chi connectivity index (χ0n) is 11.6. The van der Waals surface area contributed by atoms with Crippen LogP contribution >= 0.6 is 0 Å². The maximum Gasteiger partial charge on any atom is 0.0529 e. The first-order chi connectivity index (χ1) is 8.64. The van der Waals surface area contributed by atoms with Crippen molar-refractivity contribution in [3.8, 4) is 0 Å². The first-order valence-electron chi connectivity index (χ1n) is 6.57. The van der Waals surface area contributed by atoms with Gasteiger partial charge in [-0.25, -0.2) is 0 Å². The van der Waals surface area contributed by atoms with Gasteiger partial charge in [0.25, 0.3) is 0 Å². The third-order valence-electron chi connectivity index (χ3n) is 2.73. The minimum atomic E-state index is 0.163. The van der Waals surface area contributed by atoms with E-state index in [-0.39, 0.29) is 5.41 Å². The highest BCUT2D eigenvalue weighted by atomic mass is 16.5. The number of ether oxygens (including phenoxy) is 1. The quantitative estimate of drug-likeness (QED) is 0.533. The van der Waals surface area contributed by atoms with Crippen LogP contribution in [0.15, 0.2) is 43.0 Å². The summed E-state index contributed by atoms with van der Waals surface area (Å²) in [5.41, 5.74) is 1.48. The second-order valence-corrected chi connectivity index (χ2v) is 5.38. The number of hydrogen-bond donors (Lipinski definition) is 1. The van der Waals surface area contributed by atoms with Crippen LogP contribution in [-0.2, 0) is 11.3 Å². The highest BCUT2D eigenvalue weighted by Gasteiger charge is 2.17. The fraction of sp³-hybridized carbons (Fsp3) is 0.500. The van der Waals surface area contributed by atoms with Crippen LogP contribution in [0.5, 0.6) is 0 Å². The Balaban J connectivity index is 2.18. The Morgan fingerprint density at radius 1 is 1.28 bits per heavy atom. The van der Waals surface area contributed by atoms with Crippen LogP contribution in [0.1, 0.15) is 25.8 Å². The van der Waals surface area contributed by atoms with E-state index < -0.39 is 0 Å². The lowest BCUT2D eigenvalue weighted by molar-refractivity contribution is 0.0648. The highest BCUT2D eigenvalue weighted by Crippen LogP contribution is 2.14. The van der Waals surface area contributed by atoms with Crippen molar-refractivity contribution in [3.63, 3.8) is 0 Å². The molecule has 0 atom stereocenters. The van der Waals surface area contributed by atoms with Crippen molar-refractivity contribution < 1.29 is 4.74 Å². The Bertz CT molecular complexity index is 332. The molecule has 1 rings (SSSR count). The number of hydrogen-bond acceptors (Lipinski definition) is 2. The average molecular weight is 247 g/mol. The van der Waals surface area contributed by atoms with Gasteiger partial charge in [-0.2, -0.15) is 0 Å². The lowest BCUT2D eigenvalue weighted by Crippen LogP contribution is -2.33. The van der Waals surface area contributed by atoms with E-state index in [1.54, 1.807) is 0 Å². The summed E-state index contributed by atoms with van der Waals surface area (Å²) in [7, 11) is 0. The van der Waals surface area contributed by atoms with Gasteiger partial charge in [0.05, 0.1) is 13.2 Å². The predicted molar refractivity (Wildman–Crippen MR) is 77.6 cm³/mol. The molecule has 0 aliphatic rings. The summed E-state index contributed by atoms with van der Waals surface area (Å²) in [4.78, 5) is 0. The number of rotatable bonds is 9. The van der Waals surface area contributed by atoms with E-state index in [9.17, 15) is 0 Å². The Kier molecular flexibility index (Phi) is 6.69. The molecular weight excluding hydrogens is 222 g/mol. The van der Waals surface area contributed by atoms with Gasteiger partial charge in [0.2, 0.25) is 0 Å². The van der Waals surface area contributed by atoms with Gasteiger partial charge in [0.15, 0.2) is 0 Å². The molecular formula is C16H25NO. The molecule has 0 bridgehead atoms. The van der Waals surface area contributed by atoms with Crippen LogP contribution in [0.4, 0.5) is 0 Å². The van der Waals surface area contributed by atoms with Crippen molar-refractivity contribution in [2.45, 2.75) is 26.8 Å². The predicted octanol–water partition coefficient (Wildman–Crippen LogP) is 3.40. The van der Waals surface area contributed by atoms with Gasteiger partial charge in [-0.3, -0.25) is 0 Å². The molecule has 0 amide bonds. The molecule has 0 unspecified atom stereocenters. The van der Waals surface area contributed by atoms with Gasteiger partial charge in [-0.1, -0.05) is 50.3 Å². The third-order valence-corrected chi connectivity index (χ3v) is 2.73. The molecule has 1 aromatic rings. The van der Waals surface area contributed by atoms with Crippen molar-refractivity contribution in [1.29, 1.82) is 0 Å². The topological polar surface area (TPSA) is 21.3 Å². The Labute approximate surface area is 111 Å². The van der Waals surface area contributed by atoms with E-state index in [2.05, 4.69) is 50.0 Å². The van der Waals surface area contributed by atoms with E-state index in [0.717, 1.165) is 32.7 Å². The van der Waals surface area contributed by atoms with Gasteiger partial charge in [0.1, 0.15) is 0 Å². The van der Waals surface area contributed by atoms with Crippen molar-refractivity contribution in [3.05, 3.63) is 48.6 Å². The minimum Gasteiger partial charge on any atom is -0.381 e. The Morgan fingerprint density at radius 2 is 2.00 bits per heavy atom. The molecule has 0 heterocycles. The zero-order chi connectivity index (χ0) is 13.3. The van der Waals surface area contributed by atoms with E-state index >= 15 is 0 Å². The lowest BCUT2D eigenvalue weighted by Gasteiger charge is -2.24. The Hall–Kier alpha value is -1.12. The summed E-state index contributed by atoms with van der Waals surface area (Å²) in [5.74, 6) is 0. The molecule has 0 saturated carbocycles. The molecule has 100 valence electrons. The fourth-order valence-corrected chi connectivity index (χ4v) is 1.71. The van der Waals surface area contributed by atoms with Crippen molar-refractivity contribution in [1.82, 2.24) is 5.32 Å². The maximum atomic E-state index is 5.63. The molecule has 0 fully saturated rings. The SMILES string of the molecule is C=CCCOCC(C)(C)CNCc1ccccc1. The standard InChI is InChI=1S/C16H25NO/c1-4-5-11-18-14-16(2,3)13-17-12-15-9-7-6-8-10-15/h4,6-10,17H,1,5,11-14H2,2-3H3. The molecule has 0 radical (unpaired) electrons. The van der Waals surface area contributed by atoms with Crippen LogP contribution in [0.25, 0.3) is 0 Å². The summed E-state index contributed by atoms with van der Waals surface area (Å²) in [6.07, 6.45) is 2.81. The van der Waals surface area contributed by atoms with Gasteiger partial charge in [-0.05, 0) is 12.0 Å². The maximum absolute atomic E-state index is 5.63. The normalized spacial score (nSPS) is 11.4. The third kappa shape index (κ3) is 6.58. The molecule has 0 saturated heterocycles. The molecule has 0 spiro atoms. The molecule has 1 N–H and O–H groups in total. The highest BCUT2D eigenvalue weighted by molar-refractivity contribution is 5.14. The Morgan fingerprint density at radius 3 is 2.67 bits per heavy atom.